The second-order valence-corrected chi connectivity index (χ2v) is 6.27. The first-order valence-corrected chi connectivity index (χ1v) is 8.03. The van der Waals surface area contributed by atoms with Crippen LogP contribution in [0.1, 0.15) is 0 Å². The van der Waals surface area contributed by atoms with Gasteiger partial charge in [0.1, 0.15) is 0 Å². The van der Waals surface area contributed by atoms with Gasteiger partial charge in [-0.15, -0.1) is 13.2 Å². The first-order valence-electron chi connectivity index (χ1n) is 4.53. The summed E-state index contributed by atoms with van der Waals surface area (Å²) in [6.45, 7) is 7.36. The van der Waals surface area contributed by atoms with Crippen LogP contribution in [-0.2, 0) is 18.1 Å². The van der Waals surface area contributed by atoms with Crippen molar-refractivity contribution in [1.29, 1.82) is 0 Å². The highest BCUT2D eigenvalue weighted by Crippen LogP contribution is 2.49. The summed E-state index contributed by atoms with van der Waals surface area (Å²) in [5.41, 5.74) is 0. The van der Waals surface area contributed by atoms with E-state index in [1.807, 2.05) is 0 Å². The largest absolute Gasteiger partial charge is 0.475 e. The summed E-state index contributed by atoms with van der Waals surface area (Å²) < 4.78 is 27.0. The molecule has 1 unspecified atom stereocenters. The molecule has 0 heterocycles. The molecule has 0 spiro atoms. The Bertz CT molecular complexity index is 244. The number of phosphoric acid groups is 1. The molecular weight excluding hydrogens is 363 g/mol. The Morgan fingerprint density at radius 1 is 1.19 bits per heavy atom. The van der Waals surface area contributed by atoms with Gasteiger partial charge in [-0.3, -0.25) is 13.6 Å². The fraction of sp³-hybridized carbons (Fsp3) is 0.556. The average molecular weight is 378 g/mol. The molecule has 0 aromatic heterocycles. The van der Waals surface area contributed by atoms with Gasteiger partial charge in [0, 0.05) is 10.2 Å². The lowest BCUT2D eigenvalue weighted by Gasteiger charge is -2.17. The van der Waals surface area contributed by atoms with E-state index in [1.54, 1.807) is 0 Å². The summed E-state index contributed by atoms with van der Waals surface area (Å²) in [5, 5.41) is 0.677. The van der Waals surface area contributed by atoms with Crippen LogP contribution in [0.3, 0.4) is 0 Å². The van der Waals surface area contributed by atoms with Crippen LogP contribution in [0, 0.1) is 0 Å². The summed E-state index contributed by atoms with van der Waals surface area (Å²) in [7, 11) is -3.51. The van der Waals surface area contributed by atoms with E-state index in [2.05, 4.69) is 45.0 Å². The minimum atomic E-state index is -3.51. The average Bonchev–Trinajstić information content (AvgIpc) is 2.31. The van der Waals surface area contributed by atoms with Gasteiger partial charge in [0.05, 0.1) is 19.8 Å². The lowest BCUT2D eigenvalue weighted by molar-refractivity contribution is 0.133. The molecule has 0 aliphatic rings. The van der Waals surface area contributed by atoms with E-state index in [9.17, 15) is 4.57 Å². The zero-order chi connectivity index (χ0) is 12.4. The Labute approximate surface area is 113 Å². The minimum Gasteiger partial charge on any atom is -0.286 e. The Kier molecular flexibility index (Phi) is 9.90. The van der Waals surface area contributed by atoms with Crippen molar-refractivity contribution in [3.63, 3.8) is 0 Å². The number of alkyl halides is 2. The molecule has 0 rings (SSSR count). The molecular formula is C9H15Br2O4P. The molecule has 94 valence electrons. The van der Waals surface area contributed by atoms with Crippen molar-refractivity contribution < 1.29 is 18.1 Å². The number of hydrogen-bond acceptors (Lipinski definition) is 4. The smallest absolute Gasteiger partial charge is 0.286 e. The van der Waals surface area contributed by atoms with Crippen molar-refractivity contribution in [2.75, 3.05) is 25.2 Å². The topological polar surface area (TPSA) is 44.8 Å². The van der Waals surface area contributed by atoms with E-state index >= 15 is 0 Å². The van der Waals surface area contributed by atoms with E-state index in [4.69, 9.17) is 13.6 Å². The van der Waals surface area contributed by atoms with Crippen LogP contribution in [0.5, 0.6) is 0 Å². The predicted molar refractivity (Wildman–Crippen MR) is 72.4 cm³/mol. The van der Waals surface area contributed by atoms with E-state index in [0.29, 0.717) is 5.33 Å². The third kappa shape index (κ3) is 7.76. The molecule has 0 amide bonds. The van der Waals surface area contributed by atoms with Gasteiger partial charge in [0.2, 0.25) is 0 Å². The molecule has 1 atom stereocenters. The quantitative estimate of drug-likeness (QED) is 0.331. The maximum absolute atomic E-state index is 12.0. The van der Waals surface area contributed by atoms with Gasteiger partial charge in [0.15, 0.2) is 0 Å². The highest BCUT2D eigenvalue weighted by atomic mass is 79.9. The normalized spacial score (nSPS) is 13.4. The first-order chi connectivity index (χ1) is 7.58. The minimum absolute atomic E-state index is 0.0421. The zero-order valence-corrected chi connectivity index (χ0v) is 12.9. The Morgan fingerprint density at radius 2 is 1.69 bits per heavy atom. The van der Waals surface area contributed by atoms with Crippen LogP contribution in [0.15, 0.2) is 25.3 Å². The third-order valence-corrected chi connectivity index (χ3v) is 4.92. The van der Waals surface area contributed by atoms with E-state index < -0.39 is 7.82 Å². The number of halogens is 2. The third-order valence-electron chi connectivity index (χ3n) is 1.28. The highest BCUT2D eigenvalue weighted by molar-refractivity contribution is 9.12. The van der Waals surface area contributed by atoms with Crippen molar-refractivity contribution in [2.45, 2.75) is 4.83 Å². The van der Waals surface area contributed by atoms with Crippen molar-refractivity contribution >= 4 is 39.7 Å². The summed E-state index contributed by atoms with van der Waals surface area (Å²) >= 11 is 6.58. The lowest BCUT2D eigenvalue weighted by atomic mass is 10.5. The second kappa shape index (κ2) is 9.57. The van der Waals surface area contributed by atoms with Crippen molar-refractivity contribution in [3.05, 3.63) is 25.3 Å². The molecule has 0 aromatic rings. The molecule has 0 aromatic carbocycles. The molecule has 0 fully saturated rings. The standard InChI is InChI=1S/C9H15Br2O4P/c1-3-5-13-16(12,14-6-4-2)15-8-9(11)7-10/h3-4,9H,1-2,5-8H2. The van der Waals surface area contributed by atoms with Crippen LogP contribution >= 0.6 is 39.7 Å². The fourth-order valence-corrected chi connectivity index (χ4v) is 2.30. The lowest BCUT2D eigenvalue weighted by Crippen LogP contribution is -2.11. The Morgan fingerprint density at radius 3 is 2.06 bits per heavy atom. The molecule has 7 heteroatoms. The van der Waals surface area contributed by atoms with Gasteiger partial charge < -0.3 is 0 Å². The molecule has 0 saturated heterocycles. The Hall–Kier alpha value is 0.550. The van der Waals surface area contributed by atoms with Crippen LogP contribution in [0.4, 0.5) is 0 Å². The maximum Gasteiger partial charge on any atom is 0.475 e. The number of rotatable bonds is 10. The molecule has 0 aliphatic carbocycles. The van der Waals surface area contributed by atoms with E-state index in [1.165, 1.54) is 12.2 Å². The van der Waals surface area contributed by atoms with Crippen molar-refractivity contribution in [2.24, 2.45) is 0 Å². The second-order valence-electron chi connectivity index (χ2n) is 2.66. The molecule has 0 bridgehead atoms. The fourth-order valence-electron chi connectivity index (χ4n) is 0.616. The maximum atomic E-state index is 12.0. The summed E-state index contributed by atoms with van der Waals surface area (Å²) in [6.07, 6.45) is 2.95. The van der Waals surface area contributed by atoms with Crippen molar-refractivity contribution in [1.82, 2.24) is 0 Å². The van der Waals surface area contributed by atoms with Gasteiger partial charge >= 0.3 is 7.82 Å². The Balaban J connectivity index is 4.22. The molecule has 0 saturated carbocycles. The van der Waals surface area contributed by atoms with Crippen molar-refractivity contribution in [3.8, 4) is 0 Å². The summed E-state index contributed by atoms with van der Waals surface area (Å²) in [6, 6.07) is 0. The predicted octanol–water partition coefficient (Wildman–Crippen LogP) is 3.67. The number of phosphoric ester groups is 1. The van der Waals surface area contributed by atoms with Gasteiger partial charge in [-0.05, 0) is 0 Å². The van der Waals surface area contributed by atoms with Gasteiger partial charge in [-0.1, -0.05) is 44.0 Å². The van der Waals surface area contributed by atoms with Gasteiger partial charge in [-0.25, -0.2) is 4.57 Å². The van der Waals surface area contributed by atoms with E-state index in [-0.39, 0.29) is 24.6 Å². The SMILES string of the molecule is C=CCOP(=O)(OCC=C)OCC(Br)CBr. The van der Waals surface area contributed by atoms with Crippen LogP contribution in [0.25, 0.3) is 0 Å². The molecule has 0 radical (unpaired) electrons. The van der Waals surface area contributed by atoms with Crippen LogP contribution in [0.2, 0.25) is 0 Å². The first kappa shape index (κ1) is 16.6. The van der Waals surface area contributed by atoms with Crippen LogP contribution in [-0.4, -0.2) is 30.0 Å². The number of hydrogen-bond donors (Lipinski definition) is 0. The summed E-state index contributed by atoms with van der Waals surface area (Å²) in [5.74, 6) is 0. The molecule has 16 heavy (non-hydrogen) atoms. The van der Waals surface area contributed by atoms with Crippen LogP contribution < -0.4 is 0 Å². The monoisotopic (exact) mass is 376 g/mol. The molecule has 4 nitrogen and oxygen atoms in total. The molecule has 0 aliphatic heterocycles. The van der Waals surface area contributed by atoms with Gasteiger partial charge in [0.25, 0.3) is 0 Å². The summed E-state index contributed by atoms with van der Waals surface area (Å²) in [4.78, 5) is 0.0421. The van der Waals surface area contributed by atoms with Gasteiger partial charge in [-0.2, -0.15) is 0 Å². The molecule has 0 N–H and O–H groups in total. The van der Waals surface area contributed by atoms with E-state index in [0.717, 1.165) is 0 Å². The highest BCUT2D eigenvalue weighted by Gasteiger charge is 2.26. The zero-order valence-electron chi connectivity index (χ0n) is 8.81.